The molecule has 0 spiro atoms. The molecule has 0 fully saturated rings. The summed E-state index contributed by atoms with van der Waals surface area (Å²) in [5.74, 6) is 0. The molecule has 10 aromatic rings. The molecule has 0 N–H and O–H groups in total. The van der Waals surface area contributed by atoms with E-state index in [4.69, 9.17) is 0 Å². The molecule has 10 rings (SSSR count). The van der Waals surface area contributed by atoms with Crippen LogP contribution in [0.25, 0.3) is 77.2 Å². The number of anilines is 3. The van der Waals surface area contributed by atoms with Gasteiger partial charge in [0.2, 0.25) is 0 Å². The van der Waals surface area contributed by atoms with Crippen LogP contribution in [0.15, 0.2) is 237 Å². The molecule has 57 heavy (non-hydrogen) atoms. The lowest BCUT2D eigenvalue weighted by atomic mass is 9.90. The molecule has 0 aliphatic rings. The Morgan fingerprint density at radius 2 is 0.667 bits per heavy atom. The molecule has 0 aliphatic carbocycles. The maximum Gasteiger partial charge on any atom is 0.0462 e. The predicted octanol–water partition coefficient (Wildman–Crippen LogP) is 15.8. The quantitative estimate of drug-likeness (QED) is 0.151. The van der Waals surface area contributed by atoms with Crippen molar-refractivity contribution in [1.29, 1.82) is 0 Å². The van der Waals surface area contributed by atoms with Crippen molar-refractivity contribution < 1.29 is 0 Å². The number of rotatable bonds is 8. The summed E-state index contributed by atoms with van der Waals surface area (Å²) in [4.78, 5) is 2.35. The molecule has 10 aromatic carbocycles. The second-order valence-corrected chi connectivity index (χ2v) is 14.5. The average Bonchev–Trinajstić information content (AvgIpc) is 3.30. The fourth-order valence-corrected chi connectivity index (χ4v) is 8.25. The minimum atomic E-state index is 1.10. The van der Waals surface area contributed by atoms with Crippen molar-refractivity contribution in [3.05, 3.63) is 237 Å². The second kappa shape index (κ2) is 15.0. The monoisotopic (exact) mass is 725 g/mol. The van der Waals surface area contributed by atoms with E-state index in [1.807, 2.05) is 0 Å². The molecule has 0 aromatic heterocycles. The summed E-state index contributed by atoms with van der Waals surface area (Å²) < 4.78 is 0. The van der Waals surface area contributed by atoms with Crippen molar-refractivity contribution >= 4 is 38.6 Å². The molecule has 0 bridgehead atoms. The lowest BCUT2D eigenvalue weighted by Gasteiger charge is -2.26. The summed E-state index contributed by atoms with van der Waals surface area (Å²) in [6, 6.07) is 85.5. The maximum atomic E-state index is 2.35. The zero-order chi connectivity index (χ0) is 38.0. The van der Waals surface area contributed by atoms with E-state index in [-0.39, 0.29) is 0 Å². The summed E-state index contributed by atoms with van der Waals surface area (Å²) in [7, 11) is 0. The number of benzene rings is 10. The minimum absolute atomic E-state index is 1.10. The Kier molecular flexibility index (Phi) is 8.95. The van der Waals surface area contributed by atoms with Gasteiger partial charge in [0, 0.05) is 17.1 Å². The first-order chi connectivity index (χ1) is 28.3. The van der Waals surface area contributed by atoms with Gasteiger partial charge < -0.3 is 4.90 Å². The topological polar surface area (TPSA) is 3.24 Å². The second-order valence-electron chi connectivity index (χ2n) is 14.5. The van der Waals surface area contributed by atoms with Crippen molar-refractivity contribution in [1.82, 2.24) is 0 Å². The van der Waals surface area contributed by atoms with Gasteiger partial charge in [-0.3, -0.25) is 0 Å². The SMILES string of the molecule is c1ccc(-c2ccc(N(c3ccc(-c4cccc(-c5cccc6ccccc56)c4)cc3)c3ccc(-c4ccc5ccccc5c4-c4ccccc4)cc3)cc2)cc1. The van der Waals surface area contributed by atoms with Crippen LogP contribution in [0.4, 0.5) is 17.1 Å². The number of nitrogens with zero attached hydrogens (tertiary/aromatic N) is 1. The van der Waals surface area contributed by atoms with Gasteiger partial charge in [-0.25, -0.2) is 0 Å². The van der Waals surface area contributed by atoms with E-state index in [1.54, 1.807) is 0 Å². The summed E-state index contributed by atoms with van der Waals surface area (Å²) in [5.41, 5.74) is 15.4. The Balaban J connectivity index is 1.03. The van der Waals surface area contributed by atoms with Gasteiger partial charge in [-0.2, -0.15) is 0 Å². The molecular formula is C56H39N. The van der Waals surface area contributed by atoms with E-state index < -0.39 is 0 Å². The Labute approximate surface area is 334 Å². The molecule has 0 atom stereocenters. The van der Waals surface area contributed by atoms with Gasteiger partial charge in [-0.1, -0.05) is 194 Å². The van der Waals surface area contributed by atoms with Crippen molar-refractivity contribution in [3.63, 3.8) is 0 Å². The number of fused-ring (bicyclic) bond motifs is 2. The Morgan fingerprint density at radius 3 is 1.32 bits per heavy atom. The molecule has 0 heterocycles. The first-order valence-corrected chi connectivity index (χ1v) is 19.6. The summed E-state index contributed by atoms with van der Waals surface area (Å²) >= 11 is 0. The molecule has 268 valence electrons. The zero-order valence-corrected chi connectivity index (χ0v) is 31.5. The van der Waals surface area contributed by atoms with Crippen molar-refractivity contribution in [2.75, 3.05) is 4.90 Å². The fraction of sp³-hybridized carbons (Fsp3) is 0. The third kappa shape index (κ3) is 6.66. The van der Waals surface area contributed by atoms with Gasteiger partial charge in [0.25, 0.3) is 0 Å². The number of hydrogen-bond donors (Lipinski definition) is 0. The lowest BCUT2D eigenvalue weighted by molar-refractivity contribution is 1.28. The zero-order valence-electron chi connectivity index (χ0n) is 31.5. The molecule has 1 nitrogen and oxygen atoms in total. The van der Waals surface area contributed by atoms with Gasteiger partial charge in [0.15, 0.2) is 0 Å². The summed E-state index contributed by atoms with van der Waals surface area (Å²) in [5, 5.41) is 5.02. The van der Waals surface area contributed by atoms with Crippen LogP contribution < -0.4 is 4.90 Å². The van der Waals surface area contributed by atoms with Crippen molar-refractivity contribution in [2.24, 2.45) is 0 Å². The van der Waals surface area contributed by atoms with E-state index in [1.165, 1.54) is 77.2 Å². The van der Waals surface area contributed by atoms with Crippen LogP contribution in [-0.4, -0.2) is 0 Å². The first kappa shape index (κ1) is 34.0. The van der Waals surface area contributed by atoms with Crippen LogP contribution in [0.2, 0.25) is 0 Å². The highest BCUT2D eigenvalue weighted by atomic mass is 15.1. The van der Waals surface area contributed by atoms with Gasteiger partial charge in [0.05, 0.1) is 0 Å². The predicted molar refractivity (Wildman–Crippen MR) is 243 cm³/mol. The van der Waals surface area contributed by atoms with E-state index in [0.717, 1.165) is 17.1 Å². The van der Waals surface area contributed by atoms with Gasteiger partial charge in [-0.05, 0) is 120 Å². The Morgan fingerprint density at radius 1 is 0.228 bits per heavy atom. The van der Waals surface area contributed by atoms with Crippen LogP contribution in [0.5, 0.6) is 0 Å². The van der Waals surface area contributed by atoms with Crippen LogP contribution in [0, 0.1) is 0 Å². The van der Waals surface area contributed by atoms with E-state index in [0.29, 0.717) is 0 Å². The van der Waals surface area contributed by atoms with Crippen LogP contribution in [0.3, 0.4) is 0 Å². The fourth-order valence-electron chi connectivity index (χ4n) is 8.25. The van der Waals surface area contributed by atoms with Crippen molar-refractivity contribution in [3.8, 4) is 55.6 Å². The highest BCUT2D eigenvalue weighted by molar-refractivity contribution is 6.04. The third-order valence-electron chi connectivity index (χ3n) is 11.1. The smallest absolute Gasteiger partial charge is 0.0462 e. The molecule has 0 saturated heterocycles. The Hall–Kier alpha value is -7.48. The highest BCUT2D eigenvalue weighted by Gasteiger charge is 2.16. The maximum absolute atomic E-state index is 2.35. The van der Waals surface area contributed by atoms with Crippen LogP contribution >= 0.6 is 0 Å². The standard InChI is InChI=1S/C56H39N/c1-3-13-40(14-4-1)41-25-32-49(33-26-41)57(50-34-27-42(28-35-50)47-20-11-21-48(39-47)53-24-12-19-43-15-7-9-22-52(43)53)51-36-29-45(30-37-51)55-38-31-44-16-8-10-23-54(44)56(55)46-17-5-2-6-18-46/h1-39H. The highest BCUT2D eigenvalue weighted by Crippen LogP contribution is 2.41. The van der Waals surface area contributed by atoms with Gasteiger partial charge >= 0.3 is 0 Å². The largest absolute Gasteiger partial charge is 0.311 e. The number of hydrogen-bond acceptors (Lipinski definition) is 1. The minimum Gasteiger partial charge on any atom is -0.311 e. The first-order valence-electron chi connectivity index (χ1n) is 19.6. The van der Waals surface area contributed by atoms with Crippen LogP contribution in [0.1, 0.15) is 0 Å². The summed E-state index contributed by atoms with van der Waals surface area (Å²) in [6.07, 6.45) is 0. The molecular weight excluding hydrogens is 687 g/mol. The molecule has 0 saturated carbocycles. The molecule has 0 radical (unpaired) electrons. The van der Waals surface area contributed by atoms with E-state index in [9.17, 15) is 0 Å². The normalized spacial score (nSPS) is 11.2. The Bertz CT molecular complexity index is 2960. The van der Waals surface area contributed by atoms with Crippen LogP contribution in [-0.2, 0) is 0 Å². The van der Waals surface area contributed by atoms with E-state index in [2.05, 4.69) is 241 Å². The van der Waals surface area contributed by atoms with Gasteiger partial charge in [-0.15, -0.1) is 0 Å². The van der Waals surface area contributed by atoms with Crippen molar-refractivity contribution in [2.45, 2.75) is 0 Å². The molecule has 0 unspecified atom stereocenters. The lowest BCUT2D eigenvalue weighted by Crippen LogP contribution is -2.09. The summed E-state index contributed by atoms with van der Waals surface area (Å²) in [6.45, 7) is 0. The van der Waals surface area contributed by atoms with E-state index >= 15 is 0 Å². The molecule has 0 aliphatic heterocycles. The molecule has 0 amide bonds. The average molecular weight is 726 g/mol. The van der Waals surface area contributed by atoms with Gasteiger partial charge in [0.1, 0.15) is 0 Å². The molecule has 1 heteroatoms. The third-order valence-corrected chi connectivity index (χ3v) is 11.1.